The fourth-order valence-electron chi connectivity index (χ4n) is 8.77. The van der Waals surface area contributed by atoms with Gasteiger partial charge in [0, 0.05) is 19.3 Å². The van der Waals surface area contributed by atoms with E-state index in [2.05, 4.69) is 81.5 Å². The first-order valence-electron chi connectivity index (χ1n) is 30.3. The highest BCUT2D eigenvalue weighted by atomic mass is 16.6. The second-order valence-corrected chi connectivity index (χ2v) is 20.2. The second-order valence-electron chi connectivity index (χ2n) is 20.2. The molecule has 1 unspecified atom stereocenters. The molecule has 0 rings (SSSR count). The summed E-state index contributed by atoms with van der Waals surface area (Å²) in [6, 6.07) is 0. The lowest BCUT2D eigenvalue weighted by Crippen LogP contribution is -2.30. The minimum Gasteiger partial charge on any atom is -0.462 e. The minimum atomic E-state index is -0.779. The van der Waals surface area contributed by atoms with Crippen molar-refractivity contribution < 1.29 is 28.6 Å². The van der Waals surface area contributed by atoms with Gasteiger partial charge in [0.25, 0.3) is 0 Å². The van der Waals surface area contributed by atoms with E-state index in [1.54, 1.807) is 0 Å². The normalized spacial score (nSPS) is 12.4. The van der Waals surface area contributed by atoms with Crippen molar-refractivity contribution >= 4 is 17.9 Å². The molecule has 1 atom stereocenters. The molecule has 0 aliphatic carbocycles. The molecular formula is C64H114O6. The lowest BCUT2D eigenvalue weighted by Gasteiger charge is -2.18. The highest BCUT2D eigenvalue weighted by molar-refractivity contribution is 5.71. The Hall–Kier alpha value is -2.89. The van der Waals surface area contributed by atoms with Gasteiger partial charge >= 0.3 is 17.9 Å². The number of hydrogen-bond acceptors (Lipinski definition) is 6. The average Bonchev–Trinajstić information content (AvgIpc) is 3.36. The van der Waals surface area contributed by atoms with E-state index in [1.165, 1.54) is 161 Å². The molecule has 0 heterocycles. The summed E-state index contributed by atoms with van der Waals surface area (Å²) in [5, 5.41) is 0. The summed E-state index contributed by atoms with van der Waals surface area (Å²) in [7, 11) is 0. The zero-order chi connectivity index (χ0) is 50.7. The Morgan fingerprint density at radius 1 is 0.300 bits per heavy atom. The first-order chi connectivity index (χ1) is 34.5. The van der Waals surface area contributed by atoms with Crippen molar-refractivity contribution in [2.24, 2.45) is 0 Å². The van der Waals surface area contributed by atoms with Crippen molar-refractivity contribution in [1.82, 2.24) is 0 Å². The van der Waals surface area contributed by atoms with Gasteiger partial charge in [-0.25, -0.2) is 0 Å². The maximum absolute atomic E-state index is 12.9. The predicted octanol–water partition coefficient (Wildman–Crippen LogP) is 20.4. The monoisotopic (exact) mass is 979 g/mol. The van der Waals surface area contributed by atoms with Crippen LogP contribution in [0.15, 0.2) is 60.8 Å². The minimum absolute atomic E-state index is 0.0760. The molecule has 0 saturated carbocycles. The molecule has 0 amide bonds. The van der Waals surface area contributed by atoms with Gasteiger partial charge < -0.3 is 14.2 Å². The molecule has 0 N–H and O–H groups in total. The summed E-state index contributed by atoms with van der Waals surface area (Å²) in [6.45, 7) is 6.55. The van der Waals surface area contributed by atoms with Gasteiger partial charge in [0.05, 0.1) is 0 Å². The van der Waals surface area contributed by atoms with Crippen LogP contribution in [0.2, 0.25) is 0 Å². The van der Waals surface area contributed by atoms with E-state index in [1.807, 2.05) is 0 Å². The maximum Gasteiger partial charge on any atom is 0.306 e. The van der Waals surface area contributed by atoms with Crippen molar-refractivity contribution in [2.75, 3.05) is 13.2 Å². The maximum atomic E-state index is 12.9. The number of ether oxygens (including phenoxy) is 3. The van der Waals surface area contributed by atoms with Crippen molar-refractivity contribution in [1.29, 1.82) is 0 Å². The van der Waals surface area contributed by atoms with Crippen LogP contribution in [0.4, 0.5) is 0 Å². The second kappa shape index (κ2) is 58.7. The van der Waals surface area contributed by atoms with E-state index in [9.17, 15) is 14.4 Å². The number of allylic oxidation sites excluding steroid dienone is 10. The van der Waals surface area contributed by atoms with Crippen molar-refractivity contribution in [2.45, 2.75) is 316 Å². The SMILES string of the molecule is CC/C=C\C/C=C\C/C=C\C/C=C\C/C=C\CCCCCCCC(=O)OCC(COC(=O)CCCCCCCCCCCCCCCC)OC(=O)CCCCCCCCCCCCCCCCCCC. The molecule has 6 heteroatoms. The third-order valence-corrected chi connectivity index (χ3v) is 13.3. The first kappa shape index (κ1) is 67.1. The molecular weight excluding hydrogens is 865 g/mol. The lowest BCUT2D eigenvalue weighted by molar-refractivity contribution is -0.167. The Morgan fingerprint density at radius 3 is 0.871 bits per heavy atom. The molecule has 0 aliphatic rings. The average molecular weight is 980 g/mol. The fourth-order valence-corrected chi connectivity index (χ4v) is 8.77. The Balaban J connectivity index is 4.37. The first-order valence-corrected chi connectivity index (χ1v) is 30.3. The van der Waals surface area contributed by atoms with E-state index in [-0.39, 0.29) is 31.1 Å². The van der Waals surface area contributed by atoms with E-state index in [0.717, 1.165) is 109 Å². The molecule has 0 aromatic rings. The van der Waals surface area contributed by atoms with Crippen LogP contribution >= 0.6 is 0 Å². The summed E-state index contributed by atoms with van der Waals surface area (Å²) < 4.78 is 16.9. The van der Waals surface area contributed by atoms with Gasteiger partial charge in [0.1, 0.15) is 13.2 Å². The smallest absolute Gasteiger partial charge is 0.306 e. The summed E-state index contributed by atoms with van der Waals surface area (Å²) in [6.07, 6.45) is 73.5. The standard InChI is InChI=1S/C64H114O6/c1-4-7-10-13-16-19-22-25-28-30-31-32-33-35-36-39-42-45-48-51-54-57-63(66)69-60-61(59-68-62(65)56-53-50-47-44-41-38-27-24-21-18-15-12-9-6-3)70-64(67)58-55-52-49-46-43-40-37-34-29-26-23-20-17-14-11-8-5-2/h7,10,16,19,25,28,31-32,35-36,61H,4-6,8-9,11-15,17-18,20-24,26-27,29-30,33-34,37-60H2,1-3H3/b10-7-,19-16-,28-25-,32-31-,36-35-. The molecule has 0 saturated heterocycles. The number of rotatable bonds is 55. The number of unbranched alkanes of at least 4 members (excludes halogenated alkanes) is 34. The van der Waals surface area contributed by atoms with Crippen molar-refractivity contribution in [3.63, 3.8) is 0 Å². The highest BCUT2D eigenvalue weighted by Gasteiger charge is 2.19. The molecule has 0 aliphatic heterocycles. The summed E-state index contributed by atoms with van der Waals surface area (Å²) in [5.41, 5.74) is 0. The quantitative estimate of drug-likeness (QED) is 0.0261. The van der Waals surface area contributed by atoms with Gasteiger partial charge in [-0.3, -0.25) is 14.4 Å². The molecule has 0 aromatic heterocycles. The van der Waals surface area contributed by atoms with Crippen LogP contribution in [0, 0.1) is 0 Å². The van der Waals surface area contributed by atoms with Gasteiger partial charge in [-0.2, -0.15) is 0 Å². The van der Waals surface area contributed by atoms with Crippen molar-refractivity contribution in [3.8, 4) is 0 Å². The van der Waals surface area contributed by atoms with E-state index < -0.39 is 6.10 Å². The molecule has 0 spiro atoms. The van der Waals surface area contributed by atoms with Crippen LogP contribution in [0.25, 0.3) is 0 Å². The Kier molecular flexibility index (Phi) is 56.3. The van der Waals surface area contributed by atoms with Crippen LogP contribution in [0.3, 0.4) is 0 Å². The number of esters is 3. The van der Waals surface area contributed by atoms with E-state index >= 15 is 0 Å². The van der Waals surface area contributed by atoms with Crippen LogP contribution in [-0.4, -0.2) is 37.2 Å². The third kappa shape index (κ3) is 56.0. The van der Waals surface area contributed by atoms with Crippen molar-refractivity contribution in [3.05, 3.63) is 60.8 Å². The Morgan fingerprint density at radius 2 is 0.557 bits per heavy atom. The van der Waals surface area contributed by atoms with Crippen LogP contribution in [-0.2, 0) is 28.6 Å². The van der Waals surface area contributed by atoms with Gasteiger partial charge in [-0.1, -0.05) is 287 Å². The van der Waals surface area contributed by atoms with Gasteiger partial charge in [0.15, 0.2) is 6.10 Å². The predicted molar refractivity (Wildman–Crippen MR) is 302 cm³/mol. The Labute approximate surface area is 434 Å². The van der Waals surface area contributed by atoms with Gasteiger partial charge in [-0.15, -0.1) is 0 Å². The zero-order valence-corrected chi connectivity index (χ0v) is 46.5. The zero-order valence-electron chi connectivity index (χ0n) is 46.5. The molecule has 70 heavy (non-hydrogen) atoms. The number of hydrogen-bond donors (Lipinski definition) is 0. The molecule has 0 bridgehead atoms. The largest absolute Gasteiger partial charge is 0.462 e. The van der Waals surface area contributed by atoms with Gasteiger partial charge in [0.2, 0.25) is 0 Å². The van der Waals surface area contributed by atoms with E-state index in [0.29, 0.717) is 19.3 Å². The van der Waals surface area contributed by atoms with Gasteiger partial charge in [-0.05, 0) is 64.2 Å². The fraction of sp³-hybridized carbons (Fsp3) is 0.797. The number of carbonyl (C=O) groups is 3. The number of carbonyl (C=O) groups excluding carboxylic acids is 3. The topological polar surface area (TPSA) is 78.9 Å². The molecule has 6 nitrogen and oxygen atoms in total. The summed E-state index contributed by atoms with van der Waals surface area (Å²) in [5.74, 6) is -0.878. The molecule has 0 radical (unpaired) electrons. The lowest BCUT2D eigenvalue weighted by atomic mass is 10.0. The molecule has 0 aromatic carbocycles. The summed E-state index contributed by atoms with van der Waals surface area (Å²) >= 11 is 0. The third-order valence-electron chi connectivity index (χ3n) is 13.3. The highest BCUT2D eigenvalue weighted by Crippen LogP contribution is 2.17. The Bertz CT molecular complexity index is 1260. The van der Waals surface area contributed by atoms with Crippen LogP contribution in [0.1, 0.15) is 310 Å². The van der Waals surface area contributed by atoms with Crippen LogP contribution < -0.4 is 0 Å². The summed E-state index contributed by atoms with van der Waals surface area (Å²) in [4.78, 5) is 38.2. The van der Waals surface area contributed by atoms with E-state index in [4.69, 9.17) is 14.2 Å². The molecule has 406 valence electrons. The molecule has 0 fully saturated rings. The van der Waals surface area contributed by atoms with Crippen LogP contribution in [0.5, 0.6) is 0 Å².